The molecule has 0 aliphatic carbocycles. The van der Waals surface area contributed by atoms with Gasteiger partial charge in [-0.15, -0.1) is 0 Å². The van der Waals surface area contributed by atoms with Crippen LogP contribution < -0.4 is 10.5 Å². The average molecular weight is 313 g/mol. The molecule has 0 aromatic heterocycles. The molecule has 0 saturated heterocycles. The number of halogens is 2. The molecule has 0 spiro atoms. The summed E-state index contributed by atoms with van der Waals surface area (Å²) in [5.74, 6) is 0.114. The lowest BCUT2D eigenvalue weighted by atomic mass is 10.3. The molecule has 0 atom stereocenters. The summed E-state index contributed by atoms with van der Waals surface area (Å²) in [6.45, 7) is 0.302. The number of hydrogen-bond donors (Lipinski definition) is 2. The molecule has 0 amide bonds. The maximum Gasteiger partial charge on any atom is 0.242 e. The van der Waals surface area contributed by atoms with E-state index in [1.165, 1.54) is 0 Å². The lowest BCUT2D eigenvalue weighted by Crippen LogP contribution is -2.25. The fourth-order valence-electron chi connectivity index (χ4n) is 1.25. The Kier molecular flexibility index (Phi) is 5.71. The van der Waals surface area contributed by atoms with E-state index < -0.39 is 15.8 Å². The molecule has 1 aromatic rings. The zero-order valence-corrected chi connectivity index (χ0v) is 12.1. The van der Waals surface area contributed by atoms with Gasteiger partial charge in [0.2, 0.25) is 10.0 Å². The van der Waals surface area contributed by atoms with Crippen molar-refractivity contribution in [2.45, 2.75) is 11.3 Å². The Balaban J connectivity index is 2.88. The van der Waals surface area contributed by atoms with Gasteiger partial charge in [-0.25, -0.2) is 17.5 Å². The van der Waals surface area contributed by atoms with Gasteiger partial charge in [-0.3, -0.25) is 0 Å². The Bertz CT molecular complexity index is 523. The highest BCUT2D eigenvalue weighted by Crippen LogP contribution is 2.26. The normalized spacial score (nSPS) is 11.7. The Morgan fingerprint density at radius 3 is 2.78 bits per heavy atom. The van der Waals surface area contributed by atoms with Crippen molar-refractivity contribution in [1.29, 1.82) is 0 Å². The minimum absolute atomic E-state index is 0.181. The molecule has 0 aliphatic rings. The smallest absolute Gasteiger partial charge is 0.242 e. The highest BCUT2D eigenvalue weighted by molar-refractivity contribution is 7.98. The molecule has 1 rings (SSSR count). The number of benzene rings is 1. The van der Waals surface area contributed by atoms with Crippen LogP contribution in [0.15, 0.2) is 17.0 Å². The summed E-state index contributed by atoms with van der Waals surface area (Å²) in [7, 11) is -3.75. The summed E-state index contributed by atoms with van der Waals surface area (Å²) in [6, 6.07) is 1.92. The van der Waals surface area contributed by atoms with Crippen molar-refractivity contribution in [2.24, 2.45) is 0 Å². The molecular weight excluding hydrogens is 299 g/mol. The van der Waals surface area contributed by atoms with Crippen molar-refractivity contribution in [2.75, 3.05) is 24.3 Å². The van der Waals surface area contributed by atoms with E-state index in [9.17, 15) is 12.8 Å². The first-order chi connectivity index (χ1) is 8.38. The first kappa shape index (κ1) is 15.6. The van der Waals surface area contributed by atoms with Crippen LogP contribution in [-0.2, 0) is 10.0 Å². The van der Waals surface area contributed by atoms with Crippen LogP contribution in [0, 0.1) is 5.82 Å². The molecule has 0 saturated carbocycles. The number of nitrogens with two attached hydrogens (primary N) is 1. The maximum atomic E-state index is 13.1. The van der Waals surface area contributed by atoms with Crippen molar-refractivity contribution < 1.29 is 12.8 Å². The predicted molar refractivity (Wildman–Crippen MR) is 74.0 cm³/mol. The lowest BCUT2D eigenvalue weighted by molar-refractivity contribution is 0.580. The van der Waals surface area contributed by atoms with Crippen LogP contribution >= 0.6 is 23.4 Å². The number of sulfonamides is 1. The second-order valence-electron chi connectivity index (χ2n) is 3.55. The highest BCUT2D eigenvalue weighted by Gasteiger charge is 2.19. The third-order valence-electron chi connectivity index (χ3n) is 2.16. The molecule has 0 unspecified atom stereocenters. The minimum Gasteiger partial charge on any atom is -0.396 e. The van der Waals surface area contributed by atoms with Crippen LogP contribution in [0.1, 0.15) is 6.42 Å². The largest absolute Gasteiger partial charge is 0.396 e. The molecule has 0 radical (unpaired) electrons. The molecule has 8 heteroatoms. The zero-order chi connectivity index (χ0) is 13.8. The number of anilines is 1. The van der Waals surface area contributed by atoms with E-state index >= 15 is 0 Å². The molecule has 18 heavy (non-hydrogen) atoms. The predicted octanol–water partition coefficient (Wildman–Crippen LogP) is 2.09. The summed E-state index contributed by atoms with van der Waals surface area (Å²) in [5, 5.41) is -0.181. The van der Waals surface area contributed by atoms with Crippen molar-refractivity contribution in [3.05, 3.63) is 23.0 Å². The molecule has 0 aliphatic heterocycles. The van der Waals surface area contributed by atoms with Gasteiger partial charge >= 0.3 is 0 Å². The minimum atomic E-state index is -3.75. The Morgan fingerprint density at radius 1 is 1.50 bits per heavy atom. The Labute approximate surface area is 115 Å². The van der Waals surface area contributed by atoms with Gasteiger partial charge in [0.15, 0.2) is 0 Å². The summed E-state index contributed by atoms with van der Waals surface area (Å²) < 4.78 is 39.3. The molecule has 0 fully saturated rings. The summed E-state index contributed by atoms with van der Waals surface area (Å²) >= 11 is 7.33. The number of hydrogen-bond acceptors (Lipinski definition) is 4. The van der Waals surface area contributed by atoms with Crippen molar-refractivity contribution in [1.82, 2.24) is 4.72 Å². The average Bonchev–Trinajstić information content (AvgIpc) is 2.29. The van der Waals surface area contributed by atoms with E-state index in [0.29, 0.717) is 13.0 Å². The standard InChI is InChI=1S/C10H14ClFN2O2S2/c1-17-4-2-3-14-18(15,16)10-6-9(13)8(12)5-7(10)11/h5-6,14H,2-4,13H2,1H3. The highest BCUT2D eigenvalue weighted by atomic mass is 35.5. The van der Waals surface area contributed by atoms with Gasteiger partial charge < -0.3 is 5.73 Å². The van der Waals surface area contributed by atoms with Gasteiger partial charge in [0.1, 0.15) is 10.7 Å². The van der Waals surface area contributed by atoms with Crippen LogP contribution in [-0.4, -0.2) is 27.0 Å². The van der Waals surface area contributed by atoms with E-state index in [-0.39, 0.29) is 15.6 Å². The topological polar surface area (TPSA) is 72.2 Å². The molecule has 0 bridgehead atoms. The van der Waals surface area contributed by atoms with E-state index in [2.05, 4.69) is 4.72 Å². The van der Waals surface area contributed by atoms with Gasteiger partial charge in [-0.2, -0.15) is 11.8 Å². The third-order valence-corrected chi connectivity index (χ3v) is 4.78. The number of thioether (sulfide) groups is 1. The number of nitrogens with one attached hydrogen (secondary N) is 1. The van der Waals surface area contributed by atoms with Gasteiger partial charge in [0.25, 0.3) is 0 Å². The van der Waals surface area contributed by atoms with Gasteiger partial charge in [0, 0.05) is 6.54 Å². The third kappa shape index (κ3) is 4.01. The SMILES string of the molecule is CSCCCNS(=O)(=O)c1cc(N)c(F)cc1Cl. The van der Waals surface area contributed by atoms with Crippen molar-refractivity contribution in [3.63, 3.8) is 0 Å². The van der Waals surface area contributed by atoms with E-state index in [1.807, 2.05) is 6.26 Å². The Hall–Kier alpha value is -0.500. The van der Waals surface area contributed by atoms with E-state index in [0.717, 1.165) is 17.9 Å². The van der Waals surface area contributed by atoms with E-state index in [1.54, 1.807) is 11.8 Å². The summed E-state index contributed by atoms with van der Waals surface area (Å²) in [6.07, 6.45) is 2.64. The molecule has 4 nitrogen and oxygen atoms in total. The van der Waals surface area contributed by atoms with Gasteiger partial charge in [-0.1, -0.05) is 11.6 Å². The van der Waals surface area contributed by atoms with Crippen LogP contribution in [0.4, 0.5) is 10.1 Å². The fourth-order valence-corrected chi connectivity index (χ4v) is 3.31. The summed E-state index contributed by atoms with van der Waals surface area (Å²) in [5.41, 5.74) is 5.09. The first-order valence-electron chi connectivity index (χ1n) is 5.11. The lowest BCUT2D eigenvalue weighted by Gasteiger charge is -2.09. The van der Waals surface area contributed by atoms with E-state index in [4.69, 9.17) is 17.3 Å². The number of rotatable bonds is 6. The van der Waals surface area contributed by atoms with Crippen molar-refractivity contribution >= 4 is 39.1 Å². The van der Waals surface area contributed by atoms with Gasteiger partial charge in [-0.05, 0) is 30.6 Å². The second-order valence-corrected chi connectivity index (χ2v) is 6.68. The van der Waals surface area contributed by atoms with Crippen LogP contribution in [0.5, 0.6) is 0 Å². The van der Waals surface area contributed by atoms with Gasteiger partial charge in [0.05, 0.1) is 10.7 Å². The maximum absolute atomic E-state index is 13.1. The van der Waals surface area contributed by atoms with Crippen LogP contribution in [0.25, 0.3) is 0 Å². The first-order valence-corrected chi connectivity index (χ1v) is 8.37. The molecule has 3 N–H and O–H groups in total. The summed E-state index contributed by atoms with van der Waals surface area (Å²) in [4.78, 5) is -0.202. The zero-order valence-electron chi connectivity index (χ0n) is 9.74. The monoisotopic (exact) mass is 312 g/mol. The quantitative estimate of drug-likeness (QED) is 0.623. The van der Waals surface area contributed by atoms with Crippen LogP contribution in [0.3, 0.4) is 0 Å². The second kappa shape index (κ2) is 6.60. The molecule has 102 valence electrons. The van der Waals surface area contributed by atoms with Crippen molar-refractivity contribution in [3.8, 4) is 0 Å². The Morgan fingerprint density at radius 2 is 2.17 bits per heavy atom. The molecular formula is C10H14ClFN2O2S2. The van der Waals surface area contributed by atoms with Crippen LogP contribution in [0.2, 0.25) is 5.02 Å². The molecule has 1 aromatic carbocycles. The molecule has 0 heterocycles. The fraction of sp³-hybridized carbons (Fsp3) is 0.400. The number of nitrogen functional groups attached to an aromatic ring is 1.